The van der Waals surface area contributed by atoms with Crippen molar-refractivity contribution < 1.29 is 19.1 Å². The molecule has 0 aliphatic rings. The van der Waals surface area contributed by atoms with Gasteiger partial charge in [0.15, 0.2) is 0 Å². The van der Waals surface area contributed by atoms with Crippen molar-refractivity contribution in [2.75, 3.05) is 18.8 Å². The normalized spacial score (nSPS) is 10.5. The molecular formula is C13H19NO4S. The molecule has 0 aliphatic carbocycles. The van der Waals surface area contributed by atoms with Crippen LogP contribution in [0.2, 0.25) is 0 Å². The van der Waals surface area contributed by atoms with Crippen LogP contribution in [-0.2, 0) is 10.5 Å². The van der Waals surface area contributed by atoms with Gasteiger partial charge in [-0.1, -0.05) is 0 Å². The van der Waals surface area contributed by atoms with Gasteiger partial charge in [-0.05, 0) is 26.8 Å². The zero-order valence-corrected chi connectivity index (χ0v) is 12.2. The van der Waals surface area contributed by atoms with Crippen LogP contribution >= 0.6 is 11.8 Å². The Hall–Kier alpha value is -1.43. The van der Waals surface area contributed by atoms with Crippen LogP contribution in [0.1, 0.15) is 35.7 Å². The number of furan rings is 1. The molecule has 5 nitrogen and oxygen atoms in total. The van der Waals surface area contributed by atoms with Crippen molar-refractivity contribution in [2.45, 2.75) is 26.5 Å². The van der Waals surface area contributed by atoms with Crippen LogP contribution in [0.3, 0.4) is 0 Å². The average Bonchev–Trinajstić information content (AvgIpc) is 2.72. The van der Waals surface area contributed by atoms with Crippen molar-refractivity contribution in [2.24, 2.45) is 0 Å². The minimum atomic E-state index is -0.989. The number of thioether (sulfide) groups is 1. The predicted molar refractivity (Wildman–Crippen MR) is 74.5 cm³/mol. The van der Waals surface area contributed by atoms with E-state index >= 15 is 0 Å². The number of carbonyl (C=O) groups excluding carboxylic acids is 1. The van der Waals surface area contributed by atoms with E-state index in [0.717, 1.165) is 0 Å². The molecule has 106 valence electrons. The highest BCUT2D eigenvalue weighted by molar-refractivity contribution is 7.99. The van der Waals surface area contributed by atoms with Crippen LogP contribution in [0, 0.1) is 6.92 Å². The molecule has 1 aromatic heterocycles. The fourth-order valence-corrected chi connectivity index (χ4v) is 2.54. The lowest BCUT2D eigenvalue weighted by Crippen LogP contribution is -2.31. The molecule has 0 saturated carbocycles. The largest absolute Gasteiger partial charge is 0.478 e. The molecule has 0 fully saturated rings. The maximum absolute atomic E-state index is 11.8. The number of carboxylic acid groups (broad SMARTS) is 1. The van der Waals surface area contributed by atoms with E-state index in [-0.39, 0.29) is 11.5 Å². The SMILES string of the molecule is CCN(CC)C(=O)CSCc1cc(C(=O)O)c(C)o1. The summed E-state index contributed by atoms with van der Waals surface area (Å²) in [5.41, 5.74) is 0.186. The molecule has 1 aromatic rings. The van der Waals surface area contributed by atoms with Gasteiger partial charge < -0.3 is 14.4 Å². The van der Waals surface area contributed by atoms with E-state index in [9.17, 15) is 9.59 Å². The zero-order chi connectivity index (χ0) is 14.4. The third-order valence-electron chi connectivity index (χ3n) is 2.79. The Morgan fingerprint density at radius 2 is 2.00 bits per heavy atom. The van der Waals surface area contributed by atoms with E-state index in [2.05, 4.69) is 0 Å². The number of nitrogens with zero attached hydrogens (tertiary/aromatic N) is 1. The zero-order valence-electron chi connectivity index (χ0n) is 11.4. The molecule has 1 rings (SSSR count). The van der Waals surface area contributed by atoms with Crippen LogP contribution < -0.4 is 0 Å². The highest BCUT2D eigenvalue weighted by atomic mass is 32.2. The summed E-state index contributed by atoms with van der Waals surface area (Å²) in [6.07, 6.45) is 0. The predicted octanol–water partition coefficient (Wildman–Crippen LogP) is 2.39. The van der Waals surface area contributed by atoms with Gasteiger partial charge >= 0.3 is 5.97 Å². The first-order chi connectivity index (χ1) is 8.99. The van der Waals surface area contributed by atoms with Gasteiger partial charge in [-0.25, -0.2) is 4.79 Å². The van der Waals surface area contributed by atoms with Crippen LogP contribution in [0.25, 0.3) is 0 Å². The standard InChI is InChI=1S/C13H19NO4S/c1-4-14(5-2)12(15)8-19-7-10-6-11(13(16)17)9(3)18-10/h6H,4-5,7-8H2,1-3H3,(H,16,17). The molecular weight excluding hydrogens is 266 g/mol. The summed E-state index contributed by atoms with van der Waals surface area (Å²) in [6, 6.07) is 1.52. The van der Waals surface area contributed by atoms with E-state index in [0.29, 0.717) is 36.1 Å². The lowest BCUT2D eigenvalue weighted by atomic mass is 10.2. The van der Waals surface area contributed by atoms with Crippen molar-refractivity contribution in [1.29, 1.82) is 0 Å². The van der Waals surface area contributed by atoms with E-state index in [4.69, 9.17) is 9.52 Å². The summed E-state index contributed by atoms with van der Waals surface area (Å²) in [6.45, 7) is 6.93. The Labute approximate surface area is 117 Å². The number of hydrogen-bond acceptors (Lipinski definition) is 4. The fourth-order valence-electron chi connectivity index (χ4n) is 1.73. The fraction of sp³-hybridized carbons (Fsp3) is 0.538. The number of hydrogen-bond donors (Lipinski definition) is 1. The van der Waals surface area contributed by atoms with Gasteiger partial charge in [0.1, 0.15) is 17.1 Å². The Morgan fingerprint density at radius 1 is 1.37 bits per heavy atom. The molecule has 0 bridgehead atoms. The molecule has 1 N–H and O–H groups in total. The highest BCUT2D eigenvalue weighted by Gasteiger charge is 2.14. The first-order valence-electron chi connectivity index (χ1n) is 6.17. The minimum Gasteiger partial charge on any atom is -0.478 e. The highest BCUT2D eigenvalue weighted by Crippen LogP contribution is 2.19. The molecule has 0 radical (unpaired) electrons. The van der Waals surface area contributed by atoms with Crippen LogP contribution in [0.4, 0.5) is 0 Å². The number of carbonyl (C=O) groups is 2. The summed E-state index contributed by atoms with van der Waals surface area (Å²) >= 11 is 1.43. The van der Waals surface area contributed by atoms with Crippen LogP contribution in [0.15, 0.2) is 10.5 Å². The van der Waals surface area contributed by atoms with Crippen LogP contribution in [-0.4, -0.2) is 40.7 Å². The molecule has 0 aliphatic heterocycles. The molecule has 0 spiro atoms. The second-order valence-corrected chi connectivity index (χ2v) is 5.03. The maximum Gasteiger partial charge on any atom is 0.339 e. The number of rotatable bonds is 7. The molecule has 1 amide bonds. The number of aromatic carboxylic acids is 1. The first-order valence-corrected chi connectivity index (χ1v) is 7.33. The smallest absolute Gasteiger partial charge is 0.339 e. The summed E-state index contributed by atoms with van der Waals surface area (Å²) in [4.78, 5) is 24.4. The van der Waals surface area contributed by atoms with Gasteiger partial charge in [0, 0.05) is 13.1 Å². The van der Waals surface area contributed by atoms with Crippen molar-refractivity contribution in [3.63, 3.8) is 0 Å². The molecule has 0 aromatic carbocycles. The van der Waals surface area contributed by atoms with Gasteiger partial charge in [-0.2, -0.15) is 0 Å². The van der Waals surface area contributed by atoms with E-state index < -0.39 is 5.97 Å². The van der Waals surface area contributed by atoms with Crippen molar-refractivity contribution in [3.05, 3.63) is 23.2 Å². The first kappa shape index (κ1) is 15.6. The van der Waals surface area contributed by atoms with Gasteiger partial charge in [0.25, 0.3) is 0 Å². The summed E-state index contributed by atoms with van der Waals surface area (Å²) in [7, 11) is 0. The van der Waals surface area contributed by atoms with E-state index in [1.54, 1.807) is 11.8 Å². The third-order valence-corrected chi connectivity index (χ3v) is 3.72. The van der Waals surface area contributed by atoms with Gasteiger partial charge in [0.05, 0.1) is 11.5 Å². The van der Waals surface area contributed by atoms with Crippen molar-refractivity contribution in [1.82, 2.24) is 4.90 Å². The van der Waals surface area contributed by atoms with Gasteiger partial charge in [-0.15, -0.1) is 11.8 Å². The molecule has 0 atom stereocenters. The lowest BCUT2D eigenvalue weighted by molar-refractivity contribution is -0.127. The topological polar surface area (TPSA) is 70.8 Å². The van der Waals surface area contributed by atoms with Gasteiger partial charge in [-0.3, -0.25) is 4.79 Å². The monoisotopic (exact) mass is 285 g/mol. The Kier molecular flexibility index (Phi) is 5.95. The van der Waals surface area contributed by atoms with Crippen molar-refractivity contribution >= 4 is 23.6 Å². The summed E-state index contributed by atoms with van der Waals surface area (Å²) in [5.74, 6) is 0.976. The second kappa shape index (κ2) is 7.23. The maximum atomic E-state index is 11.8. The number of amides is 1. The Balaban J connectivity index is 2.47. The van der Waals surface area contributed by atoms with E-state index in [1.807, 2.05) is 13.8 Å². The Morgan fingerprint density at radius 3 is 2.47 bits per heavy atom. The molecule has 1 heterocycles. The summed E-state index contributed by atoms with van der Waals surface area (Å²) in [5, 5.41) is 8.90. The molecule has 0 saturated heterocycles. The van der Waals surface area contributed by atoms with Crippen LogP contribution in [0.5, 0.6) is 0 Å². The third kappa shape index (κ3) is 4.31. The minimum absolute atomic E-state index is 0.0942. The summed E-state index contributed by atoms with van der Waals surface area (Å²) < 4.78 is 5.34. The van der Waals surface area contributed by atoms with Crippen molar-refractivity contribution in [3.8, 4) is 0 Å². The number of carboxylic acids is 1. The van der Waals surface area contributed by atoms with Gasteiger partial charge in [0.2, 0.25) is 5.91 Å². The second-order valence-electron chi connectivity index (χ2n) is 4.05. The molecule has 6 heteroatoms. The number of aryl methyl sites for hydroxylation is 1. The quantitative estimate of drug-likeness (QED) is 0.833. The lowest BCUT2D eigenvalue weighted by Gasteiger charge is -2.17. The molecule has 0 unspecified atom stereocenters. The molecule has 19 heavy (non-hydrogen) atoms. The Bertz CT molecular complexity index is 451. The van der Waals surface area contributed by atoms with E-state index in [1.165, 1.54) is 17.8 Å². The average molecular weight is 285 g/mol.